The minimum absolute atomic E-state index is 0.114. The van der Waals surface area contributed by atoms with Crippen molar-refractivity contribution >= 4 is 0 Å². The molecule has 4 heteroatoms. The Bertz CT molecular complexity index is 772. The first-order valence-corrected chi connectivity index (χ1v) is 6.60. The lowest BCUT2D eigenvalue weighted by atomic mass is 9.97. The van der Waals surface area contributed by atoms with Gasteiger partial charge in [0, 0.05) is 18.0 Å². The Labute approximate surface area is 116 Å². The maximum Gasteiger partial charge on any atom is 0.272 e. The fraction of sp³-hybridized carbons (Fsp3) is 0.125. The van der Waals surface area contributed by atoms with Crippen LogP contribution in [0, 0.1) is 0 Å². The lowest BCUT2D eigenvalue weighted by Crippen LogP contribution is -2.02. The second-order valence-corrected chi connectivity index (χ2v) is 4.58. The zero-order valence-electron chi connectivity index (χ0n) is 11.2. The van der Waals surface area contributed by atoms with Gasteiger partial charge in [-0.3, -0.25) is 20.0 Å². The van der Waals surface area contributed by atoms with Crippen LogP contribution in [-0.2, 0) is 6.42 Å². The molecule has 0 radical (unpaired) electrons. The highest BCUT2D eigenvalue weighted by Gasteiger charge is 2.15. The fourth-order valence-electron chi connectivity index (χ4n) is 2.43. The molecule has 0 aliphatic carbocycles. The molecule has 20 heavy (non-hydrogen) atoms. The van der Waals surface area contributed by atoms with Crippen molar-refractivity contribution in [3.05, 3.63) is 64.7 Å². The van der Waals surface area contributed by atoms with Gasteiger partial charge >= 0.3 is 0 Å². The number of rotatable bonds is 3. The smallest absolute Gasteiger partial charge is 0.272 e. The number of nitrogens with one attached hydrogen (secondary N) is 2. The molecule has 0 aliphatic heterocycles. The second kappa shape index (κ2) is 5.17. The number of pyridine rings is 1. The van der Waals surface area contributed by atoms with E-state index in [9.17, 15) is 4.79 Å². The SMILES string of the molecule is CCc1ccccc1-c1[nH][nH]c(=O)c1-c1ccncc1. The maximum atomic E-state index is 12.1. The van der Waals surface area contributed by atoms with E-state index in [0.29, 0.717) is 5.56 Å². The summed E-state index contributed by atoms with van der Waals surface area (Å²) < 4.78 is 0. The summed E-state index contributed by atoms with van der Waals surface area (Å²) in [6.45, 7) is 2.11. The molecule has 3 aromatic rings. The fourth-order valence-corrected chi connectivity index (χ4v) is 2.43. The first-order chi connectivity index (χ1) is 9.81. The zero-order chi connectivity index (χ0) is 13.9. The van der Waals surface area contributed by atoms with Crippen molar-refractivity contribution in [1.29, 1.82) is 0 Å². The molecule has 2 aromatic heterocycles. The molecular formula is C16H15N3O. The van der Waals surface area contributed by atoms with Gasteiger partial charge in [-0.25, -0.2) is 0 Å². The Hall–Kier alpha value is -2.62. The Balaban J connectivity index is 2.24. The average Bonchev–Trinajstić information content (AvgIpc) is 2.89. The number of aromatic nitrogens is 3. The van der Waals surface area contributed by atoms with E-state index in [1.54, 1.807) is 12.4 Å². The van der Waals surface area contributed by atoms with Crippen LogP contribution in [0.1, 0.15) is 12.5 Å². The molecule has 0 saturated heterocycles. The van der Waals surface area contributed by atoms with Crippen molar-refractivity contribution in [1.82, 2.24) is 15.2 Å². The largest absolute Gasteiger partial charge is 0.297 e. The van der Waals surface area contributed by atoms with E-state index in [2.05, 4.69) is 28.2 Å². The first-order valence-electron chi connectivity index (χ1n) is 6.60. The van der Waals surface area contributed by atoms with Crippen LogP contribution < -0.4 is 5.56 Å². The number of benzene rings is 1. The maximum absolute atomic E-state index is 12.1. The number of aryl methyl sites for hydroxylation is 1. The number of aromatic amines is 2. The normalized spacial score (nSPS) is 10.7. The van der Waals surface area contributed by atoms with Crippen LogP contribution in [0.2, 0.25) is 0 Å². The highest BCUT2D eigenvalue weighted by Crippen LogP contribution is 2.29. The van der Waals surface area contributed by atoms with E-state index in [1.807, 2.05) is 30.3 Å². The third kappa shape index (κ3) is 2.05. The third-order valence-corrected chi connectivity index (χ3v) is 3.41. The Morgan fingerprint density at radius 3 is 2.55 bits per heavy atom. The first kappa shape index (κ1) is 12.4. The van der Waals surface area contributed by atoms with Crippen molar-refractivity contribution < 1.29 is 0 Å². The monoisotopic (exact) mass is 265 g/mol. The van der Waals surface area contributed by atoms with Crippen LogP contribution in [-0.4, -0.2) is 15.2 Å². The molecule has 3 rings (SSSR count). The molecule has 0 bridgehead atoms. The number of H-pyrrole nitrogens is 2. The van der Waals surface area contributed by atoms with Gasteiger partial charge in [-0.05, 0) is 29.7 Å². The van der Waals surface area contributed by atoms with Crippen molar-refractivity contribution in [3.63, 3.8) is 0 Å². The summed E-state index contributed by atoms with van der Waals surface area (Å²) in [5.41, 5.74) is 4.51. The Kier molecular flexibility index (Phi) is 3.21. The molecule has 0 unspecified atom stereocenters. The van der Waals surface area contributed by atoms with E-state index in [1.165, 1.54) is 5.56 Å². The van der Waals surface area contributed by atoms with Gasteiger partial charge in [0.1, 0.15) is 0 Å². The summed E-state index contributed by atoms with van der Waals surface area (Å²) in [6, 6.07) is 11.8. The van der Waals surface area contributed by atoms with Crippen molar-refractivity contribution in [2.75, 3.05) is 0 Å². The topological polar surface area (TPSA) is 61.5 Å². The predicted molar refractivity (Wildman–Crippen MR) is 79.5 cm³/mol. The molecule has 2 heterocycles. The van der Waals surface area contributed by atoms with Crippen LogP contribution in [0.4, 0.5) is 0 Å². The molecule has 0 aliphatic rings. The van der Waals surface area contributed by atoms with Gasteiger partial charge in [0.25, 0.3) is 5.56 Å². The van der Waals surface area contributed by atoms with Gasteiger partial charge in [0.2, 0.25) is 0 Å². The van der Waals surface area contributed by atoms with Crippen LogP contribution in [0.3, 0.4) is 0 Å². The van der Waals surface area contributed by atoms with E-state index < -0.39 is 0 Å². The summed E-state index contributed by atoms with van der Waals surface area (Å²) in [6.07, 6.45) is 4.30. The lowest BCUT2D eigenvalue weighted by molar-refractivity contribution is 1.05. The molecule has 0 spiro atoms. The van der Waals surface area contributed by atoms with E-state index in [4.69, 9.17) is 0 Å². The quantitative estimate of drug-likeness (QED) is 0.764. The molecule has 4 nitrogen and oxygen atoms in total. The molecule has 0 amide bonds. The molecule has 1 aromatic carbocycles. The van der Waals surface area contributed by atoms with Gasteiger partial charge in [-0.2, -0.15) is 0 Å². The van der Waals surface area contributed by atoms with Crippen LogP contribution >= 0.6 is 0 Å². The number of hydrogen-bond donors (Lipinski definition) is 2. The molecule has 0 atom stereocenters. The average molecular weight is 265 g/mol. The molecule has 0 fully saturated rings. The second-order valence-electron chi connectivity index (χ2n) is 4.58. The summed E-state index contributed by atoms with van der Waals surface area (Å²) in [5, 5.41) is 5.69. The molecular weight excluding hydrogens is 250 g/mol. The molecule has 100 valence electrons. The minimum atomic E-state index is -0.114. The van der Waals surface area contributed by atoms with Crippen molar-refractivity contribution in [2.24, 2.45) is 0 Å². The van der Waals surface area contributed by atoms with Crippen LogP contribution in [0.15, 0.2) is 53.6 Å². The van der Waals surface area contributed by atoms with E-state index in [0.717, 1.165) is 23.2 Å². The summed E-state index contributed by atoms with van der Waals surface area (Å²) in [4.78, 5) is 16.1. The van der Waals surface area contributed by atoms with Gasteiger partial charge in [0.15, 0.2) is 0 Å². The van der Waals surface area contributed by atoms with E-state index >= 15 is 0 Å². The van der Waals surface area contributed by atoms with Crippen LogP contribution in [0.5, 0.6) is 0 Å². The van der Waals surface area contributed by atoms with E-state index in [-0.39, 0.29) is 5.56 Å². The Morgan fingerprint density at radius 2 is 1.80 bits per heavy atom. The highest BCUT2D eigenvalue weighted by atomic mass is 16.1. The molecule has 2 N–H and O–H groups in total. The van der Waals surface area contributed by atoms with Gasteiger partial charge in [0.05, 0.1) is 11.3 Å². The predicted octanol–water partition coefficient (Wildman–Crippen LogP) is 2.99. The van der Waals surface area contributed by atoms with Crippen molar-refractivity contribution in [2.45, 2.75) is 13.3 Å². The minimum Gasteiger partial charge on any atom is -0.297 e. The summed E-state index contributed by atoms with van der Waals surface area (Å²) in [5.74, 6) is 0. The lowest BCUT2D eigenvalue weighted by Gasteiger charge is -2.07. The van der Waals surface area contributed by atoms with Gasteiger partial charge in [-0.15, -0.1) is 0 Å². The van der Waals surface area contributed by atoms with Gasteiger partial charge < -0.3 is 0 Å². The highest BCUT2D eigenvalue weighted by molar-refractivity contribution is 5.81. The van der Waals surface area contributed by atoms with Crippen molar-refractivity contribution in [3.8, 4) is 22.4 Å². The summed E-state index contributed by atoms with van der Waals surface area (Å²) >= 11 is 0. The summed E-state index contributed by atoms with van der Waals surface area (Å²) in [7, 11) is 0. The third-order valence-electron chi connectivity index (χ3n) is 3.41. The standard InChI is InChI=1S/C16H15N3O/c1-2-11-5-3-4-6-13(11)15-14(16(20)19-18-15)12-7-9-17-10-8-12/h3-10H,2H2,1H3,(H2,18,19,20). The van der Waals surface area contributed by atoms with Crippen LogP contribution in [0.25, 0.3) is 22.4 Å². The number of hydrogen-bond acceptors (Lipinski definition) is 2. The Morgan fingerprint density at radius 1 is 1.05 bits per heavy atom. The molecule has 0 saturated carbocycles. The number of nitrogens with zero attached hydrogens (tertiary/aromatic N) is 1. The van der Waals surface area contributed by atoms with Gasteiger partial charge in [-0.1, -0.05) is 31.2 Å². The zero-order valence-corrected chi connectivity index (χ0v) is 11.2.